The van der Waals surface area contributed by atoms with E-state index in [9.17, 15) is 0 Å². The molecule has 0 fully saturated rings. The van der Waals surface area contributed by atoms with Gasteiger partial charge in [0.05, 0.1) is 5.69 Å². The molecule has 0 radical (unpaired) electrons. The molecule has 1 aromatic carbocycles. The van der Waals surface area contributed by atoms with Crippen molar-refractivity contribution in [2.75, 3.05) is 0 Å². The van der Waals surface area contributed by atoms with Crippen molar-refractivity contribution >= 4 is 11.3 Å². The van der Waals surface area contributed by atoms with E-state index in [2.05, 4.69) is 17.3 Å². The topological polar surface area (TPSA) is 22.1 Å². The Labute approximate surface area is 99.9 Å². The van der Waals surface area contributed by atoms with Crippen molar-refractivity contribution in [2.45, 2.75) is 26.4 Å². The number of hydrogen-bond donors (Lipinski definition) is 0. The molecule has 1 heterocycles. The SMILES string of the molecule is CCCc1csc(COc2ccccc2)n1. The van der Waals surface area contributed by atoms with Crippen LogP contribution in [0.5, 0.6) is 5.75 Å². The lowest BCUT2D eigenvalue weighted by Gasteiger charge is -2.02. The molecule has 0 unspecified atom stereocenters. The molecule has 0 aliphatic rings. The summed E-state index contributed by atoms with van der Waals surface area (Å²) >= 11 is 1.67. The summed E-state index contributed by atoms with van der Waals surface area (Å²) in [4.78, 5) is 4.51. The third-order valence-electron chi connectivity index (χ3n) is 2.21. The van der Waals surface area contributed by atoms with E-state index < -0.39 is 0 Å². The summed E-state index contributed by atoms with van der Waals surface area (Å²) in [5, 5.41) is 3.17. The van der Waals surface area contributed by atoms with Gasteiger partial charge >= 0.3 is 0 Å². The largest absolute Gasteiger partial charge is 0.486 e. The number of para-hydroxylation sites is 1. The monoisotopic (exact) mass is 233 g/mol. The fourth-order valence-electron chi connectivity index (χ4n) is 1.45. The van der Waals surface area contributed by atoms with E-state index in [1.165, 1.54) is 5.69 Å². The van der Waals surface area contributed by atoms with Crippen LogP contribution in [-0.2, 0) is 13.0 Å². The Kier molecular flexibility index (Phi) is 3.94. The van der Waals surface area contributed by atoms with Crippen molar-refractivity contribution in [3.8, 4) is 5.75 Å². The first kappa shape index (κ1) is 11.1. The lowest BCUT2D eigenvalue weighted by atomic mass is 10.3. The van der Waals surface area contributed by atoms with E-state index in [1.54, 1.807) is 11.3 Å². The van der Waals surface area contributed by atoms with Crippen molar-refractivity contribution in [2.24, 2.45) is 0 Å². The Morgan fingerprint density at radius 3 is 2.81 bits per heavy atom. The molecule has 2 nitrogen and oxygen atoms in total. The lowest BCUT2D eigenvalue weighted by molar-refractivity contribution is 0.305. The molecule has 0 aliphatic carbocycles. The van der Waals surface area contributed by atoms with Gasteiger partial charge in [0.2, 0.25) is 0 Å². The van der Waals surface area contributed by atoms with Crippen LogP contribution >= 0.6 is 11.3 Å². The van der Waals surface area contributed by atoms with Gasteiger partial charge in [-0.25, -0.2) is 4.98 Å². The van der Waals surface area contributed by atoms with Crippen LogP contribution in [0.2, 0.25) is 0 Å². The van der Waals surface area contributed by atoms with E-state index in [1.807, 2.05) is 30.3 Å². The van der Waals surface area contributed by atoms with E-state index in [0.29, 0.717) is 6.61 Å². The quantitative estimate of drug-likeness (QED) is 0.786. The predicted octanol–water partition coefficient (Wildman–Crippen LogP) is 3.67. The second kappa shape index (κ2) is 5.66. The van der Waals surface area contributed by atoms with Gasteiger partial charge in [0.15, 0.2) is 0 Å². The van der Waals surface area contributed by atoms with Gasteiger partial charge in [-0.3, -0.25) is 0 Å². The van der Waals surface area contributed by atoms with Gasteiger partial charge in [-0.2, -0.15) is 0 Å². The number of benzene rings is 1. The summed E-state index contributed by atoms with van der Waals surface area (Å²) in [6, 6.07) is 9.84. The van der Waals surface area contributed by atoms with Gasteiger partial charge < -0.3 is 4.74 Å². The van der Waals surface area contributed by atoms with Gasteiger partial charge in [-0.1, -0.05) is 31.5 Å². The normalized spacial score (nSPS) is 10.3. The predicted molar refractivity (Wildman–Crippen MR) is 66.9 cm³/mol. The maximum absolute atomic E-state index is 5.63. The standard InChI is InChI=1S/C13H15NOS/c1-2-6-11-10-16-13(14-11)9-15-12-7-4-3-5-8-12/h3-5,7-8,10H,2,6,9H2,1H3. The molecule has 0 bridgehead atoms. The summed E-state index contributed by atoms with van der Waals surface area (Å²) in [6.07, 6.45) is 2.20. The first-order valence-electron chi connectivity index (χ1n) is 5.49. The van der Waals surface area contributed by atoms with Crippen molar-refractivity contribution < 1.29 is 4.74 Å². The minimum Gasteiger partial charge on any atom is -0.486 e. The molecule has 84 valence electrons. The van der Waals surface area contributed by atoms with Crippen molar-refractivity contribution in [3.63, 3.8) is 0 Å². The van der Waals surface area contributed by atoms with Crippen LogP contribution in [0.4, 0.5) is 0 Å². The highest BCUT2D eigenvalue weighted by atomic mass is 32.1. The first-order valence-corrected chi connectivity index (χ1v) is 6.37. The Morgan fingerprint density at radius 2 is 2.06 bits per heavy atom. The number of ether oxygens (including phenoxy) is 1. The average Bonchev–Trinajstić information content (AvgIpc) is 2.76. The molecule has 1 aromatic heterocycles. The number of rotatable bonds is 5. The fraction of sp³-hybridized carbons (Fsp3) is 0.308. The highest BCUT2D eigenvalue weighted by molar-refractivity contribution is 7.09. The van der Waals surface area contributed by atoms with E-state index in [4.69, 9.17) is 4.74 Å². The van der Waals surface area contributed by atoms with Gasteiger partial charge in [-0.15, -0.1) is 11.3 Å². The van der Waals surface area contributed by atoms with Crippen LogP contribution in [-0.4, -0.2) is 4.98 Å². The third kappa shape index (κ3) is 3.07. The second-order valence-corrected chi connectivity index (χ2v) is 4.53. The molecule has 0 saturated carbocycles. The first-order chi connectivity index (χ1) is 7.88. The minimum absolute atomic E-state index is 0.568. The number of hydrogen-bond acceptors (Lipinski definition) is 3. The molecule has 16 heavy (non-hydrogen) atoms. The van der Waals surface area contributed by atoms with Crippen molar-refractivity contribution in [3.05, 3.63) is 46.4 Å². The zero-order valence-electron chi connectivity index (χ0n) is 9.35. The van der Waals surface area contributed by atoms with Gasteiger partial charge in [0.25, 0.3) is 0 Å². The number of thiazole rings is 1. The molecule has 0 N–H and O–H groups in total. The molecule has 0 atom stereocenters. The molecule has 3 heteroatoms. The molecular formula is C13H15NOS. The number of aromatic nitrogens is 1. The fourth-order valence-corrected chi connectivity index (χ4v) is 2.19. The Morgan fingerprint density at radius 1 is 1.25 bits per heavy atom. The molecule has 2 rings (SSSR count). The van der Waals surface area contributed by atoms with E-state index in [-0.39, 0.29) is 0 Å². The van der Waals surface area contributed by atoms with Crippen LogP contribution in [0.3, 0.4) is 0 Å². The summed E-state index contributed by atoms with van der Waals surface area (Å²) in [5.74, 6) is 0.898. The van der Waals surface area contributed by atoms with Gasteiger partial charge in [-0.05, 0) is 18.6 Å². The lowest BCUT2D eigenvalue weighted by Crippen LogP contribution is -1.95. The summed E-state index contributed by atoms with van der Waals surface area (Å²) in [7, 11) is 0. The van der Waals surface area contributed by atoms with Crippen LogP contribution in [0, 0.1) is 0 Å². The minimum atomic E-state index is 0.568. The molecule has 0 spiro atoms. The third-order valence-corrected chi connectivity index (χ3v) is 3.08. The van der Waals surface area contributed by atoms with Crippen LogP contribution in [0.15, 0.2) is 35.7 Å². The zero-order chi connectivity index (χ0) is 11.2. The van der Waals surface area contributed by atoms with E-state index >= 15 is 0 Å². The molecule has 0 aliphatic heterocycles. The Bertz CT molecular complexity index is 425. The summed E-state index contributed by atoms with van der Waals surface area (Å²) < 4.78 is 5.63. The van der Waals surface area contributed by atoms with Crippen LogP contribution in [0.1, 0.15) is 24.0 Å². The van der Waals surface area contributed by atoms with Gasteiger partial charge in [0, 0.05) is 5.38 Å². The molecule has 0 saturated heterocycles. The zero-order valence-corrected chi connectivity index (χ0v) is 10.2. The van der Waals surface area contributed by atoms with Crippen LogP contribution < -0.4 is 4.74 Å². The highest BCUT2D eigenvalue weighted by Crippen LogP contribution is 2.15. The number of aryl methyl sites for hydroxylation is 1. The van der Waals surface area contributed by atoms with Gasteiger partial charge in [0.1, 0.15) is 17.4 Å². The molecular weight excluding hydrogens is 218 g/mol. The highest BCUT2D eigenvalue weighted by Gasteiger charge is 2.01. The van der Waals surface area contributed by atoms with Crippen LogP contribution in [0.25, 0.3) is 0 Å². The number of nitrogens with zero attached hydrogens (tertiary/aromatic N) is 1. The maximum Gasteiger partial charge on any atom is 0.140 e. The Hall–Kier alpha value is -1.35. The molecule has 0 amide bonds. The maximum atomic E-state index is 5.63. The Balaban J connectivity index is 1.89. The summed E-state index contributed by atoms with van der Waals surface area (Å²) in [6.45, 7) is 2.73. The smallest absolute Gasteiger partial charge is 0.140 e. The average molecular weight is 233 g/mol. The molecule has 2 aromatic rings. The van der Waals surface area contributed by atoms with E-state index in [0.717, 1.165) is 23.6 Å². The summed E-state index contributed by atoms with van der Waals surface area (Å²) in [5.41, 5.74) is 1.18. The van der Waals surface area contributed by atoms with Crippen molar-refractivity contribution in [1.29, 1.82) is 0 Å². The van der Waals surface area contributed by atoms with Crippen molar-refractivity contribution in [1.82, 2.24) is 4.98 Å². The second-order valence-electron chi connectivity index (χ2n) is 3.58.